The Labute approximate surface area is 103 Å². The van der Waals surface area contributed by atoms with Crippen LogP contribution in [0.15, 0.2) is 35.7 Å². The number of halogens is 1. The van der Waals surface area contributed by atoms with E-state index >= 15 is 0 Å². The normalized spacial score (nSPS) is 10.4. The largest absolute Gasteiger partial charge is 0.488 e. The molecule has 84 valence electrons. The lowest BCUT2D eigenvalue weighted by molar-refractivity contribution is 0.260. The van der Waals surface area contributed by atoms with Gasteiger partial charge in [0.25, 0.3) is 0 Å². The SMILES string of the molecule is OCc1cc(Cl)ccc1OCc1cccs1. The first-order chi connectivity index (χ1) is 7.79. The topological polar surface area (TPSA) is 29.5 Å². The second-order valence-corrected chi connectivity index (χ2v) is 4.75. The van der Waals surface area contributed by atoms with E-state index in [0.717, 1.165) is 4.88 Å². The summed E-state index contributed by atoms with van der Waals surface area (Å²) in [7, 11) is 0. The maximum Gasteiger partial charge on any atom is 0.125 e. The summed E-state index contributed by atoms with van der Waals surface area (Å²) in [4.78, 5) is 1.15. The summed E-state index contributed by atoms with van der Waals surface area (Å²) >= 11 is 7.48. The van der Waals surface area contributed by atoms with Gasteiger partial charge < -0.3 is 9.84 Å². The molecule has 0 fully saturated rings. The van der Waals surface area contributed by atoms with Crippen LogP contribution in [0.2, 0.25) is 5.02 Å². The van der Waals surface area contributed by atoms with E-state index in [-0.39, 0.29) is 6.61 Å². The van der Waals surface area contributed by atoms with Crippen molar-refractivity contribution in [2.45, 2.75) is 13.2 Å². The van der Waals surface area contributed by atoms with E-state index < -0.39 is 0 Å². The molecule has 4 heteroatoms. The van der Waals surface area contributed by atoms with E-state index in [2.05, 4.69) is 0 Å². The number of rotatable bonds is 4. The third-order valence-electron chi connectivity index (χ3n) is 2.14. The van der Waals surface area contributed by atoms with Gasteiger partial charge in [-0.3, -0.25) is 0 Å². The zero-order valence-corrected chi connectivity index (χ0v) is 10.1. The second kappa shape index (κ2) is 5.34. The molecule has 0 atom stereocenters. The van der Waals surface area contributed by atoms with Crippen molar-refractivity contribution in [1.82, 2.24) is 0 Å². The monoisotopic (exact) mass is 254 g/mol. The highest BCUT2D eigenvalue weighted by Crippen LogP contribution is 2.24. The van der Waals surface area contributed by atoms with E-state index in [1.54, 1.807) is 29.5 Å². The highest BCUT2D eigenvalue weighted by Gasteiger charge is 2.04. The number of aliphatic hydroxyl groups excluding tert-OH is 1. The van der Waals surface area contributed by atoms with Crippen molar-refractivity contribution in [2.24, 2.45) is 0 Å². The molecule has 0 saturated carbocycles. The Hall–Kier alpha value is -1.03. The number of hydrogen-bond acceptors (Lipinski definition) is 3. The van der Waals surface area contributed by atoms with Gasteiger partial charge in [-0.2, -0.15) is 0 Å². The Bertz CT molecular complexity index is 454. The van der Waals surface area contributed by atoms with Crippen LogP contribution in [-0.4, -0.2) is 5.11 Å². The average molecular weight is 255 g/mol. The molecule has 0 saturated heterocycles. The number of hydrogen-bond donors (Lipinski definition) is 1. The Kier molecular flexibility index (Phi) is 3.83. The lowest BCUT2D eigenvalue weighted by atomic mass is 10.2. The van der Waals surface area contributed by atoms with Crippen LogP contribution in [-0.2, 0) is 13.2 Å². The Balaban J connectivity index is 2.09. The molecule has 0 spiro atoms. The van der Waals surface area contributed by atoms with Crippen LogP contribution < -0.4 is 4.74 Å². The quantitative estimate of drug-likeness (QED) is 0.905. The van der Waals surface area contributed by atoms with E-state index in [1.165, 1.54) is 0 Å². The number of aliphatic hydroxyl groups is 1. The van der Waals surface area contributed by atoms with Gasteiger partial charge in [-0.15, -0.1) is 11.3 Å². The molecule has 1 aromatic heterocycles. The number of benzene rings is 1. The molecule has 1 aromatic carbocycles. The minimum Gasteiger partial charge on any atom is -0.488 e. The van der Waals surface area contributed by atoms with Crippen LogP contribution in [0.4, 0.5) is 0 Å². The molecular weight excluding hydrogens is 244 g/mol. The Morgan fingerprint density at radius 1 is 1.31 bits per heavy atom. The van der Waals surface area contributed by atoms with E-state index in [0.29, 0.717) is 22.9 Å². The molecule has 0 bridgehead atoms. The standard InChI is InChI=1S/C12H11ClO2S/c13-10-3-4-12(9(6-10)7-14)15-8-11-2-1-5-16-11/h1-6,14H,7-8H2. The predicted molar refractivity (Wildman–Crippen MR) is 66.0 cm³/mol. The fraction of sp³-hybridized carbons (Fsp3) is 0.167. The van der Waals surface area contributed by atoms with Crippen molar-refractivity contribution >= 4 is 22.9 Å². The molecular formula is C12H11ClO2S. The molecule has 0 aliphatic rings. The van der Waals surface area contributed by atoms with Crippen molar-refractivity contribution in [1.29, 1.82) is 0 Å². The second-order valence-electron chi connectivity index (χ2n) is 3.28. The lowest BCUT2D eigenvalue weighted by Gasteiger charge is -2.09. The van der Waals surface area contributed by atoms with E-state index in [1.807, 2.05) is 17.5 Å². The first-order valence-electron chi connectivity index (χ1n) is 4.84. The van der Waals surface area contributed by atoms with Gasteiger partial charge in [-0.25, -0.2) is 0 Å². The highest BCUT2D eigenvalue weighted by atomic mass is 35.5. The molecule has 2 rings (SSSR count). The minimum absolute atomic E-state index is 0.0691. The van der Waals surface area contributed by atoms with Gasteiger partial charge in [-0.1, -0.05) is 17.7 Å². The first kappa shape index (κ1) is 11.5. The van der Waals surface area contributed by atoms with Crippen molar-refractivity contribution in [3.63, 3.8) is 0 Å². The van der Waals surface area contributed by atoms with Gasteiger partial charge in [-0.05, 0) is 29.6 Å². The van der Waals surface area contributed by atoms with Crippen LogP contribution in [0.25, 0.3) is 0 Å². The van der Waals surface area contributed by atoms with E-state index in [4.69, 9.17) is 21.4 Å². The Morgan fingerprint density at radius 2 is 2.19 bits per heavy atom. The molecule has 1 N–H and O–H groups in total. The summed E-state index contributed by atoms with van der Waals surface area (Å²) in [6.45, 7) is 0.451. The number of thiophene rings is 1. The fourth-order valence-corrected chi connectivity index (χ4v) is 2.17. The zero-order valence-electron chi connectivity index (χ0n) is 8.52. The molecule has 1 heterocycles. The maximum absolute atomic E-state index is 9.16. The van der Waals surface area contributed by atoms with Gasteiger partial charge in [0.05, 0.1) is 6.61 Å². The summed E-state index contributed by atoms with van der Waals surface area (Å²) < 4.78 is 5.62. The third-order valence-corrected chi connectivity index (χ3v) is 3.23. The lowest BCUT2D eigenvalue weighted by Crippen LogP contribution is -1.97. The summed E-state index contributed by atoms with van der Waals surface area (Å²) in [5.74, 6) is 0.681. The first-order valence-corrected chi connectivity index (χ1v) is 6.10. The molecule has 0 amide bonds. The molecule has 0 aliphatic heterocycles. The smallest absolute Gasteiger partial charge is 0.125 e. The Morgan fingerprint density at radius 3 is 2.88 bits per heavy atom. The zero-order chi connectivity index (χ0) is 11.4. The molecule has 0 unspecified atom stereocenters. The van der Waals surface area contributed by atoms with Gasteiger partial charge in [0.15, 0.2) is 0 Å². The van der Waals surface area contributed by atoms with Crippen LogP contribution in [0.1, 0.15) is 10.4 Å². The molecule has 16 heavy (non-hydrogen) atoms. The molecule has 2 nitrogen and oxygen atoms in total. The van der Waals surface area contributed by atoms with Crippen molar-refractivity contribution in [3.8, 4) is 5.75 Å². The number of ether oxygens (including phenoxy) is 1. The van der Waals surface area contributed by atoms with Crippen molar-refractivity contribution in [2.75, 3.05) is 0 Å². The van der Waals surface area contributed by atoms with Crippen molar-refractivity contribution < 1.29 is 9.84 Å². The summed E-state index contributed by atoms with van der Waals surface area (Å²) in [5, 5.41) is 11.8. The van der Waals surface area contributed by atoms with Crippen LogP contribution in [0.5, 0.6) is 5.75 Å². The molecule has 0 radical (unpaired) electrons. The van der Waals surface area contributed by atoms with Gasteiger partial charge in [0.1, 0.15) is 12.4 Å². The third kappa shape index (κ3) is 2.76. The minimum atomic E-state index is -0.0691. The van der Waals surface area contributed by atoms with E-state index in [9.17, 15) is 0 Å². The van der Waals surface area contributed by atoms with Gasteiger partial charge >= 0.3 is 0 Å². The summed E-state index contributed by atoms with van der Waals surface area (Å²) in [6, 6.07) is 9.24. The molecule has 0 aliphatic carbocycles. The highest BCUT2D eigenvalue weighted by molar-refractivity contribution is 7.09. The summed E-state index contributed by atoms with van der Waals surface area (Å²) in [6.07, 6.45) is 0. The van der Waals surface area contributed by atoms with Crippen LogP contribution >= 0.6 is 22.9 Å². The fourth-order valence-electron chi connectivity index (χ4n) is 1.36. The van der Waals surface area contributed by atoms with Crippen LogP contribution in [0.3, 0.4) is 0 Å². The van der Waals surface area contributed by atoms with Gasteiger partial charge in [0.2, 0.25) is 0 Å². The summed E-state index contributed by atoms with van der Waals surface area (Å²) in [5.41, 5.74) is 0.712. The predicted octanol–water partition coefficient (Wildman–Crippen LogP) is 3.47. The van der Waals surface area contributed by atoms with Crippen LogP contribution in [0, 0.1) is 0 Å². The van der Waals surface area contributed by atoms with Crippen molar-refractivity contribution in [3.05, 3.63) is 51.2 Å². The molecule has 2 aromatic rings. The van der Waals surface area contributed by atoms with Gasteiger partial charge in [0, 0.05) is 15.5 Å². The maximum atomic E-state index is 9.16. The average Bonchev–Trinajstić information content (AvgIpc) is 2.80.